The van der Waals surface area contributed by atoms with Crippen molar-refractivity contribution in [3.8, 4) is 0 Å². The van der Waals surface area contributed by atoms with Gasteiger partial charge in [0.15, 0.2) is 0 Å². The van der Waals surface area contributed by atoms with E-state index in [9.17, 15) is 0 Å². The molecule has 1 N–H and O–H groups in total. The lowest BCUT2D eigenvalue weighted by molar-refractivity contribution is 0.275. The highest BCUT2D eigenvalue weighted by Crippen LogP contribution is 2.52. The average Bonchev–Trinajstić information content (AvgIpc) is 2.13. The normalized spacial score (nSPS) is 35.6. The first-order valence-electron chi connectivity index (χ1n) is 2.15. The number of hydrogen-bond donors (Lipinski definition) is 1. The van der Waals surface area contributed by atoms with Gasteiger partial charge in [-0.15, -0.1) is 23.2 Å². The second-order valence-electron chi connectivity index (χ2n) is 1.84. The van der Waals surface area contributed by atoms with Crippen molar-refractivity contribution in [1.29, 1.82) is 0 Å². The van der Waals surface area contributed by atoms with Gasteiger partial charge in [-0.2, -0.15) is 0 Å². The van der Waals surface area contributed by atoms with Crippen molar-refractivity contribution in [2.24, 2.45) is 5.92 Å². The summed E-state index contributed by atoms with van der Waals surface area (Å²) in [5.74, 6) is 0.135. The largest absolute Gasteiger partial charge is 0.396 e. The van der Waals surface area contributed by atoms with E-state index in [2.05, 4.69) is 0 Å². The topological polar surface area (TPSA) is 20.2 Å². The van der Waals surface area contributed by atoms with Crippen molar-refractivity contribution in [2.75, 3.05) is 6.61 Å². The van der Waals surface area contributed by atoms with E-state index in [0.29, 0.717) is 0 Å². The number of hydrogen-bond acceptors (Lipinski definition) is 1. The van der Waals surface area contributed by atoms with Gasteiger partial charge in [0, 0.05) is 12.5 Å². The van der Waals surface area contributed by atoms with Crippen LogP contribution in [0.1, 0.15) is 6.42 Å². The van der Waals surface area contributed by atoms with Crippen LogP contribution in [-0.4, -0.2) is 16.0 Å². The summed E-state index contributed by atoms with van der Waals surface area (Å²) < 4.78 is -0.589. The molecule has 3 heteroatoms. The Labute approximate surface area is 52.2 Å². The molecule has 0 aromatic heterocycles. The maximum absolute atomic E-state index is 8.37. The van der Waals surface area contributed by atoms with Crippen LogP contribution >= 0.6 is 23.2 Å². The maximum Gasteiger partial charge on any atom is 0.123 e. The molecule has 1 aliphatic rings. The minimum absolute atomic E-state index is 0.118. The van der Waals surface area contributed by atoms with Crippen LogP contribution in [0.25, 0.3) is 0 Å². The first-order chi connectivity index (χ1) is 3.17. The minimum atomic E-state index is -0.589. The van der Waals surface area contributed by atoms with E-state index >= 15 is 0 Å². The molecule has 0 amide bonds. The molecule has 1 aliphatic carbocycles. The Balaban J connectivity index is 2.30. The van der Waals surface area contributed by atoms with Crippen molar-refractivity contribution >= 4 is 23.2 Å². The molecule has 1 saturated carbocycles. The molecule has 0 aromatic rings. The maximum atomic E-state index is 8.37. The Morgan fingerprint density at radius 1 is 1.71 bits per heavy atom. The zero-order valence-electron chi connectivity index (χ0n) is 3.69. The van der Waals surface area contributed by atoms with Gasteiger partial charge in [0.05, 0.1) is 0 Å². The summed E-state index contributed by atoms with van der Waals surface area (Å²) in [5, 5.41) is 8.37. The summed E-state index contributed by atoms with van der Waals surface area (Å²) in [5.41, 5.74) is 0. The molecule has 0 heterocycles. The van der Waals surface area contributed by atoms with Gasteiger partial charge in [0.1, 0.15) is 4.33 Å². The number of aliphatic hydroxyl groups is 1. The quantitative estimate of drug-likeness (QED) is 0.543. The zero-order valence-corrected chi connectivity index (χ0v) is 5.21. The number of alkyl halides is 2. The monoisotopic (exact) mass is 140 g/mol. The van der Waals surface area contributed by atoms with Gasteiger partial charge in [-0.1, -0.05) is 0 Å². The Hall–Kier alpha value is 0.540. The van der Waals surface area contributed by atoms with Crippen LogP contribution in [0.5, 0.6) is 0 Å². The van der Waals surface area contributed by atoms with Crippen molar-refractivity contribution < 1.29 is 5.11 Å². The van der Waals surface area contributed by atoms with Gasteiger partial charge in [-0.3, -0.25) is 0 Å². The Kier molecular flexibility index (Phi) is 1.22. The van der Waals surface area contributed by atoms with E-state index in [1.54, 1.807) is 0 Å². The molecule has 0 saturated heterocycles. The zero-order chi connectivity index (χ0) is 5.49. The minimum Gasteiger partial charge on any atom is -0.396 e. The van der Waals surface area contributed by atoms with Crippen LogP contribution in [0.2, 0.25) is 0 Å². The van der Waals surface area contributed by atoms with E-state index < -0.39 is 4.33 Å². The van der Waals surface area contributed by atoms with E-state index in [4.69, 9.17) is 28.3 Å². The Morgan fingerprint density at radius 2 is 2.14 bits per heavy atom. The fourth-order valence-corrected chi connectivity index (χ4v) is 0.978. The van der Waals surface area contributed by atoms with Crippen molar-refractivity contribution in [2.45, 2.75) is 10.8 Å². The average molecular weight is 141 g/mol. The third-order valence-electron chi connectivity index (χ3n) is 1.18. The summed E-state index contributed by atoms with van der Waals surface area (Å²) in [6.07, 6.45) is 0.743. The smallest absolute Gasteiger partial charge is 0.123 e. The highest BCUT2D eigenvalue weighted by Gasteiger charge is 2.50. The number of rotatable bonds is 1. The third-order valence-corrected chi connectivity index (χ3v) is 2.10. The summed E-state index contributed by atoms with van der Waals surface area (Å²) >= 11 is 11.0. The van der Waals surface area contributed by atoms with Crippen LogP contribution in [0.3, 0.4) is 0 Å². The SMILES string of the molecule is OCC1CC1(Cl)Cl. The molecule has 0 radical (unpaired) electrons. The van der Waals surface area contributed by atoms with Crippen LogP contribution in [0.15, 0.2) is 0 Å². The number of halogens is 2. The summed E-state index contributed by atoms with van der Waals surface area (Å²) in [6.45, 7) is 0.118. The molecule has 42 valence electrons. The molecule has 7 heavy (non-hydrogen) atoms. The fraction of sp³-hybridized carbons (Fsp3) is 1.00. The van der Waals surface area contributed by atoms with Crippen LogP contribution in [0.4, 0.5) is 0 Å². The van der Waals surface area contributed by atoms with E-state index in [1.165, 1.54) is 0 Å². The van der Waals surface area contributed by atoms with Crippen molar-refractivity contribution in [1.82, 2.24) is 0 Å². The molecule has 0 aromatic carbocycles. The van der Waals surface area contributed by atoms with Crippen LogP contribution in [0, 0.1) is 5.92 Å². The second-order valence-corrected chi connectivity index (χ2v) is 3.39. The molecular formula is C4H6Cl2O. The Morgan fingerprint density at radius 3 is 2.14 bits per heavy atom. The van der Waals surface area contributed by atoms with Crippen molar-refractivity contribution in [3.05, 3.63) is 0 Å². The molecule has 1 rings (SSSR count). The fourth-order valence-electron chi connectivity index (χ4n) is 0.468. The summed E-state index contributed by atoms with van der Waals surface area (Å²) in [4.78, 5) is 0. The van der Waals surface area contributed by atoms with Gasteiger partial charge >= 0.3 is 0 Å². The van der Waals surface area contributed by atoms with E-state index in [0.717, 1.165) is 6.42 Å². The van der Waals surface area contributed by atoms with Gasteiger partial charge in [-0.05, 0) is 6.42 Å². The van der Waals surface area contributed by atoms with Gasteiger partial charge in [0.25, 0.3) is 0 Å². The summed E-state index contributed by atoms with van der Waals surface area (Å²) in [6, 6.07) is 0. The predicted octanol–water partition coefficient (Wildman–Crippen LogP) is 1.17. The van der Waals surface area contributed by atoms with Gasteiger partial charge < -0.3 is 5.11 Å². The lowest BCUT2D eigenvalue weighted by Gasteiger charge is -1.89. The lowest BCUT2D eigenvalue weighted by Crippen LogP contribution is -1.93. The molecule has 1 fully saturated rings. The Bertz CT molecular complexity index is 81.8. The molecule has 0 aliphatic heterocycles. The van der Waals surface area contributed by atoms with Gasteiger partial charge in [-0.25, -0.2) is 0 Å². The molecule has 1 unspecified atom stereocenters. The highest BCUT2D eigenvalue weighted by molar-refractivity contribution is 6.50. The standard InChI is InChI=1S/C4H6Cl2O/c5-4(6)1-3(4)2-7/h3,7H,1-2H2. The summed E-state index contributed by atoms with van der Waals surface area (Å²) in [7, 11) is 0. The molecule has 0 spiro atoms. The van der Waals surface area contributed by atoms with Crippen molar-refractivity contribution in [3.63, 3.8) is 0 Å². The van der Waals surface area contributed by atoms with Crippen LogP contribution in [-0.2, 0) is 0 Å². The molecule has 1 atom stereocenters. The first kappa shape index (κ1) is 5.67. The third kappa shape index (κ3) is 1.01. The second kappa shape index (κ2) is 1.51. The molecule has 1 nitrogen and oxygen atoms in total. The van der Waals surface area contributed by atoms with E-state index in [-0.39, 0.29) is 12.5 Å². The number of aliphatic hydroxyl groups excluding tert-OH is 1. The highest BCUT2D eigenvalue weighted by atomic mass is 35.5. The molecule has 0 bridgehead atoms. The van der Waals surface area contributed by atoms with Crippen LogP contribution < -0.4 is 0 Å². The van der Waals surface area contributed by atoms with E-state index in [1.807, 2.05) is 0 Å². The van der Waals surface area contributed by atoms with Gasteiger partial charge in [0.2, 0.25) is 0 Å². The molecular weight excluding hydrogens is 135 g/mol. The first-order valence-corrected chi connectivity index (χ1v) is 2.91. The lowest BCUT2D eigenvalue weighted by atomic mass is 10.5. The predicted molar refractivity (Wildman–Crippen MR) is 29.6 cm³/mol.